The molecule has 0 spiro atoms. The smallest absolute Gasteiger partial charge is 0.337 e. The molecule has 0 aromatic carbocycles. The maximum atomic E-state index is 11.2. The highest BCUT2D eigenvalue weighted by Crippen LogP contribution is 2.16. The van der Waals surface area contributed by atoms with Gasteiger partial charge in [-0.15, -0.1) is 0 Å². The number of carboxylic acids is 1. The summed E-state index contributed by atoms with van der Waals surface area (Å²) in [5.74, 6) is -1.10. The van der Waals surface area contributed by atoms with Crippen molar-refractivity contribution in [1.82, 2.24) is 4.57 Å². The Balaban J connectivity index is 3.39. The first kappa shape index (κ1) is 10.5. The number of carboxylic acid groups (broad SMARTS) is 1. The molecule has 1 rings (SSSR count). The normalized spacial score (nSPS) is 10.2. The minimum atomic E-state index is -0.982. The lowest BCUT2D eigenvalue weighted by Crippen LogP contribution is -2.05. The summed E-state index contributed by atoms with van der Waals surface area (Å²) >= 11 is 0. The molecule has 0 unspecified atom stereocenters. The van der Waals surface area contributed by atoms with Crippen LogP contribution in [0.5, 0.6) is 0 Å². The third-order valence-electron chi connectivity index (χ3n) is 2.28. The van der Waals surface area contributed by atoms with E-state index in [0.29, 0.717) is 17.8 Å². The number of Topliss-reactive ketones (excluding diaryl/α,β-unsaturated/α-hetero) is 1. The number of aromatic nitrogens is 1. The summed E-state index contributed by atoms with van der Waals surface area (Å²) in [5.41, 5.74) is 1.35. The molecule has 0 amide bonds. The van der Waals surface area contributed by atoms with Gasteiger partial charge in [0.15, 0.2) is 5.78 Å². The summed E-state index contributed by atoms with van der Waals surface area (Å²) in [6, 6.07) is 1.43. The number of rotatable bonds is 3. The van der Waals surface area contributed by atoms with Gasteiger partial charge in [0.1, 0.15) is 0 Å². The average molecular weight is 195 g/mol. The number of nitrogens with zero attached hydrogens (tertiary/aromatic N) is 1. The Labute approximate surface area is 82.2 Å². The Morgan fingerprint density at radius 3 is 2.36 bits per heavy atom. The van der Waals surface area contributed by atoms with Crippen LogP contribution in [0, 0.1) is 0 Å². The van der Waals surface area contributed by atoms with Crippen LogP contribution in [0.4, 0.5) is 0 Å². The standard InChI is InChI=1S/C10H13NO3/c1-4-8-7(10(13)14)5-9(6(2)12)11(8)3/h5H,4H2,1-3H3,(H,13,14). The molecule has 1 aromatic rings. The SMILES string of the molecule is CCc1c(C(=O)O)cc(C(C)=O)n1C. The van der Waals surface area contributed by atoms with E-state index < -0.39 is 5.97 Å². The van der Waals surface area contributed by atoms with Gasteiger partial charge in [0.2, 0.25) is 0 Å². The van der Waals surface area contributed by atoms with Gasteiger partial charge in [-0.3, -0.25) is 4.79 Å². The Morgan fingerprint density at radius 2 is 2.07 bits per heavy atom. The zero-order chi connectivity index (χ0) is 10.9. The van der Waals surface area contributed by atoms with Crippen molar-refractivity contribution in [3.63, 3.8) is 0 Å². The molecule has 0 radical (unpaired) electrons. The van der Waals surface area contributed by atoms with Gasteiger partial charge in [0, 0.05) is 19.7 Å². The number of ketones is 1. The van der Waals surface area contributed by atoms with E-state index in [1.54, 1.807) is 11.6 Å². The van der Waals surface area contributed by atoms with Gasteiger partial charge in [0.25, 0.3) is 0 Å². The summed E-state index contributed by atoms with van der Waals surface area (Å²) in [7, 11) is 1.71. The molecule has 0 aliphatic rings. The molecule has 14 heavy (non-hydrogen) atoms. The van der Waals surface area contributed by atoms with Gasteiger partial charge in [-0.2, -0.15) is 0 Å². The van der Waals surface area contributed by atoms with Crippen molar-refractivity contribution in [2.45, 2.75) is 20.3 Å². The number of hydrogen-bond donors (Lipinski definition) is 1. The van der Waals surface area contributed by atoms with Gasteiger partial charge in [-0.1, -0.05) is 6.92 Å². The summed E-state index contributed by atoms with van der Waals surface area (Å²) < 4.78 is 1.64. The van der Waals surface area contributed by atoms with E-state index in [1.165, 1.54) is 13.0 Å². The molecule has 0 atom stereocenters. The van der Waals surface area contributed by atoms with Crippen LogP contribution >= 0.6 is 0 Å². The summed E-state index contributed by atoms with van der Waals surface area (Å²) in [6.07, 6.45) is 0.603. The second-order valence-corrected chi connectivity index (χ2v) is 3.16. The van der Waals surface area contributed by atoms with Gasteiger partial charge in [-0.05, 0) is 12.5 Å². The fourth-order valence-corrected chi connectivity index (χ4v) is 1.59. The lowest BCUT2D eigenvalue weighted by atomic mass is 10.2. The third-order valence-corrected chi connectivity index (χ3v) is 2.28. The average Bonchev–Trinajstić information content (AvgIpc) is 2.42. The number of carbonyl (C=O) groups excluding carboxylic acids is 1. The number of aromatic carboxylic acids is 1. The number of hydrogen-bond acceptors (Lipinski definition) is 2. The summed E-state index contributed by atoms with van der Waals surface area (Å²) in [6.45, 7) is 3.30. The molecule has 0 saturated heterocycles. The second kappa shape index (κ2) is 3.65. The van der Waals surface area contributed by atoms with Crippen molar-refractivity contribution in [2.24, 2.45) is 7.05 Å². The maximum absolute atomic E-state index is 11.2. The zero-order valence-electron chi connectivity index (χ0n) is 8.50. The molecule has 4 heteroatoms. The van der Waals surface area contributed by atoms with Crippen LogP contribution in [0.15, 0.2) is 6.07 Å². The first-order valence-electron chi connectivity index (χ1n) is 4.41. The molecule has 0 aliphatic heterocycles. The van der Waals surface area contributed by atoms with Gasteiger partial charge in [-0.25, -0.2) is 4.79 Å². The molecular formula is C10H13NO3. The monoisotopic (exact) mass is 195 g/mol. The Kier molecular flexibility index (Phi) is 2.74. The fourth-order valence-electron chi connectivity index (χ4n) is 1.59. The largest absolute Gasteiger partial charge is 0.478 e. The van der Waals surface area contributed by atoms with Crippen molar-refractivity contribution in [2.75, 3.05) is 0 Å². The quantitative estimate of drug-likeness (QED) is 0.743. The summed E-state index contributed by atoms with van der Waals surface area (Å²) in [4.78, 5) is 22.0. The Hall–Kier alpha value is -1.58. The van der Waals surface area contributed by atoms with Gasteiger partial charge >= 0.3 is 5.97 Å². The van der Waals surface area contributed by atoms with Gasteiger partial charge < -0.3 is 9.67 Å². The minimum absolute atomic E-state index is 0.116. The minimum Gasteiger partial charge on any atom is -0.478 e. The van der Waals surface area contributed by atoms with E-state index >= 15 is 0 Å². The molecule has 1 N–H and O–H groups in total. The van der Waals surface area contributed by atoms with E-state index in [4.69, 9.17) is 5.11 Å². The molecule has 0 saturated carbocycles. The van der Waals surface area contributed by atoms with Crippen LogP contribution in [-0.4, -0.2) is 21.4 Å². The van der Waals surface area contributed by atoms with E-state index in [9.17, 15) is 9.59 Å². The van der Waals surface area contributed by atoms with Crippen molar-refractivity contribution in [3.05, 3.63) is 23.0 Å². The first-order chi connectivity index (χ1) is 6.49. The van der Waals surface area contributed by atoms with Crippen LogP contribution in [-0.2, 0) is 13.5 Å². The zero-order valence-corrected chi connectivity index (χ0v) is 8.50. The Bertz CT molecular complexity index is 390. The maximum Gasteiger partial charge on any atom is 0.337 e. The van der Waals surface area contributed by atoms with Crippen LogP contribution in [0.2, 0.25) is 0 Å². The fraction of sp³-hybridized carbons (Fsp3) is 0.400. The van der Waals surface area contributed by atoms with Crippen molar-refractivity contribution in [3.8, 4) is 0 Å². The van der Waals surface area contributed by atoms with E-state index in [-0.39, 0.29) is 11.3 Å². The second-order valence-electron chi connectivity index (χ2n) is 3.16. The third kappa shape index (κ3) is 1.55. The van der Waals surface area contributed by atoms with Gasteiger partial charge in [0.05, 0.1) is 11.3 Å². The highest BCUT2D eigenvalue weighted by atomic mass is 16.4. The molecule has 76 valence electrons. The molecule has 1 heterocycles. The summed E-state index contributed by atoms with van der Waals surface area (Å²) in [5, 5.41) is 8.89. The van der Waals surface area contributed by atoms with Crippen molar-refractivity contribution >= 4 is 11.8 Å². The molecule has 0 fully saturated rings. The van der Waals surface area contributed by atoms with Crippen LogP contribution in [0.3, 0.4) is 0 Å². The number of carbonyl (C=O) groups is 2. The van der Waals surface area contributed by atoms with E-state index in [1.807, 2.05) is 6.92 Å². The lowest BCUT2D eigenvalue weighted by Gasteiger charge is -2.03. The Morgan fingerprint density at radius 1 is 1.50 bits per heavy atom. The van der Waals surface area contributed by atoms with Crippen LogP contribution in [0.1, 0.15) is 40.4 Å². The molecule has 4 nitrogen and oxygen atoms in total. The topological polar surface area (TPSA) is 59.3 Å². The van der Waals surface area contributed by atoms with Crippen molar-refractivity contribution < 1.29 is 14.7 Å². The highest BCUT2D eigenvalue weighted by molar-refractivity contribution is 5.97. The highest BCUT2D eigenvalue weighted by Gasteiger charge is 2.18. The predicted molar refractivity (Wildman–Crippen MR) is 51.8 cm³/mol. The van der Waals surface area contributed by atoms with Crippen LogP contribution in [0.25, 0.3) is 0 Å². The molecule has 0 aliphatic carbocycles. The molecular weight excluding hydrogens is 182 g/mol. The van der Waals surface area contributed by atoms with Crippen LogP contribution < -0.4 is 0 Å². The lowest BCUT2D eigenvalue weighted by molar-refractivity contribution is 0.0695. The van der Waals surface area contributed by atoms with E-state index in [2.05, 4.69) is 0 Å². The molecule has 1 aromatic heterocycles. The molecule has 0 bridgehead atoms. The predicted octanol–water partition coefficient (Wildman–Crippen LogP) is 1.49. The first-order valence-corrected chi connectivity index (χ1v) is 4.41. The van der Waals surface area contributed by atoms with Crippen molar-refractivity contribution in [1.29, 1.82) is 0 Å². The van der Waals surface area contributed by atoms with E-state index in [0.717, 1.165) is 0 Å².